The molecule has 0 atom stereocenters. The van der Waals surface area contributed by atoms with Gasteiger partial charge in [0.05, 0.1) is 18.3 Å². The first-order valence-electron chi connectivity index (χ1n) is 9.56. The number of sulfonamides is 1. The fraction of sp³-hybridized carbons (Fsp3) is 0.0833. The van der Waals surface area contributed by atoms with E-state index in [1.807, 2.05) is 6.92 Å². The molecular weight excluding hydrogens is 412 g/mol. The first-order valence-corrected chi connectivity index (χ1v) is 11.0. The molecule has 1 aromatic heterocycles. The maximum atomic E-state index is 13.8. The number of benzene rings is 3. The highest BCUT2D eigenvalue weighted by Gasteiger charge is 2.33. The van der Waals surface area contributed by atoms with E-state index in [4.69, 9.17) is 4.74 Å². The van der Waals surface area contributed by atoms with Crippen molar-refractivity contribution < 1.29 is 17.9 Å². The molecule has 0 bridgehead atoms. The summed E-state index contributed by atoms with van der Waals surface area (Å²) < 4.78 is 33.6. The molecule has 156 valence electrons. The molecule has 4 aromatic rings. The lowest BCUT2D eigenvalue weighted by atomic mass is 10.1. The van der Waals surface area contributed by atoms with Gasteiger partial charge in [-0.2, -0.15) is 4.31 Å². The van der Waals surface area contributed by atoms with Crippen molar-refractivity contribution in [2.75, 3.05) is 11.4 Å². The molecule has 0 saturated heterocycles. The van der Waals surface area contributed by atoms with Gasteiger partial charge in [0.2, 0.25) is 0 Å². The number of hydrogen-bond acceptors (Lipinski definition) is 5. The number of anilines is 1. The van der Waals surface area contributed by atoms with Gasteiger partial charge in [0.25, 0.3) is 15.9 Å². The normalized spacial score (nSPS) is 11.3. The number of carbonyl (C=O) groups is 1. The number of pyridine rings is 1. The molecule has 0 aliphatic rings. The van der Waals surface area contributed by atoms with E-state index in [9.17, 15) is 13.2 Å². The van der Waals surface area contributed by atoms with Crippen LogP contribution in [0.3, 0.4) is 0 Å². The van der Waals surface area contributed by atoms with Gasteiger partial charge in [-0.1, -0.05) is 35.9 Å². The molecule has 0 unspecified atom stereocenters. The number of aryl methyl sites for hydroxylation is 1. The molecule has 0 N–H and O–H groups in total. The van der Waals surface area contributed by atoms with E-state index in [-0.39, 0.29) is 16.1 Å². The monoisotopic (exact) mass is 432 g/mol. The van der Waals surface area contributed by atoms with Gasteiger partial charge in [0, 0.05) is 17.1 Å². The van der Waals surface area contributed by atoms with Crippen molar-refractivity contribution >= 4 is 32.5 Å². The van der Waals surface area contributed by atoms with Crippen LogP contribution in [0.5, 0.6) is 5.75 Å². The number of amides is 1. The first kappa shape index (κ1) is 20.6. The summed E-state index contributed by atoms with van der Waals surface area (Å²) >= 11 is 0. The lowest BCUT2D eigenvalue weighted by Crippen LogP contribution is -2.37. The molecule has 3 aromatic carbocycles. The highest BCUT2D eigenvalue weighted by molar-refractivity contribution is 7.93. The molecule has 0 aliphatic heterocycles. The minimum absolute atomic E-state index is 0.0399. The van der Waals surface area contributed by atoms with E-state index in [0.717, 1.165) is 9.87 Å². The maximum absolute atomic E-state index is 13.8. The van der Waals surface area contributed by atoms with Crippen LogP contribution in [0.4, 0.5) is 5.69 Å². The largest absolute Gasteiger partial charge is 0.497 e. The van der Waals surface area contributed by atoms with Gasteiger partial charge in [0.1, 0.15) is 10.6 Å². The zero-order chi connectivity index (χ0) is 22.0. The highest BCUT2D eigenvalue weighted by Crippen LogP contribution is 2.30. The molecule has 4 rings (SSSR count). The Morgan fingerprint density at radius 2 is 1.58 bits per heavy atom. The molecule has 1 amide bonds. The quantitative estimate of drug-likeness (QED) is 0.461. The predicted molar refractivity (Wildman–Crippen MR) is 120 cm³/mol. The van der Waals surface area contributed by atoms with Crippen LogP contribution >= 0.6 is 0 Å². The zero-order valence-corrected chi connectivity index (χ0v) is 17.8. The van der Waals surface area contributed by atoms with Gasteiger partial charge in [-0.3, -0.25) is 9.78 Å². The molecular formula is C24H20N2O4S. The summed E-state index contributed by atoms with van der Waals surface area (Å²) in [6, 6.07) is 21.5. The number of rotatable bonds is 5. The summed E-state index contributed by atoms with van der Waals surface area (Å²) in [5.74, 6) is -0.103. The van der Waals surface area contributed by atoms with Gasteiger partial charge in [-0.15, -0.1) is 0 Å². The van der Waals surface area contributed by atoms with Gasteiger partial charge < -0.3 is 4.74 Å². The Labute approximate surface area is 180 Å². The second-order valence-corrected chi connectivity index (χ2v) is 8.73. The average molecular weight is 433 g/mol. The molecule has 0 fully saturated rings. The van der Waals surface area contributed by atoms with Gasteiger partial charge in [-0.05, 0) is 55.5 Å². The molecule has 6 nitrogen and oxygen atoms in total. The molecule has 1 heterocycles. The molecule has 7 heteroatoms. The van der Waals surface area contributed by atoms with Crippen LogP contribution in [0, 0.1) is 6.92 Å². The smallest absolute Gasteiger partial charge is 0.273 e. The van der Waals surface area contributed by atoms with E-state index in [1.165, 1.54) is 19.4 Å². The highest BCUT2D eigenvalue weighted by atomic mass is 32.2. The van der Waals surface area contributed by atoms with Gasteiger partial charge in [-0.25, -0.2) is 8.42 Å². The number of para-hydroxylation sites is 1. The standard InChI is InChI=1S/C24H20N2O4S/c1-17-8-10-19(11-9-17)24(27)26(20-12-14-21(30-2)15-13-20)31(28,29)22-7-3-5-18-6-4-16-25-23(18)22/h3-16H,1-2H3. The Morgan fingerprint density at radius 1 is 0.903 bits per heavy atom. The Morgan fingerprint density at radius 3 is 2.26 bits per heavy atom. The third kappa shape index (κ3) is 3.87. The molecule has 0 aliphatic carbocycles. The second-order valence-electron chi connectivity index (χ2n) is 6.97. The van der Waals surface area contributed by atoms with Crippen LogP contribution in [0.2, 0.25) is 0 Å². The Balaban J connectivity index is 1.92. The number of methoxy groups -OCH3 is 1. The van der Waals surface area contributed by atoms with Crippen LogP contribution in [0.1, 0.15) is 15.9 Å². The number of aromatic nitrogens is 1. The van der Waals surface area contributed by atoms with E-state index < -0.39 is 15.9 Å². The minimum atomic E-state index is -4.28. The molecule has 0 radical (unpaired) electrons. The maximum Gasteiger partial charge on any atom is 0.273 e. The fourth-order valence-electron chi connectivity index (χ4n) is 3.28. The van der Waals surface area contributed by atoms with Crippen molar-refractivity contribution in [2.24, 2.45) is 0 Å². The summed E-state index contributed by atoms with van der Waals surface area (Å²) in [5.41, 5.74) is 1.74. The Kier molecular flexibility index (Phi) is 5.44. The Bertz CT molecular complexity index is 1340. The molecule has 0 saturated carbocycles. The summed E-state index contributed by atoms with van der Waals surface area (Å²) in [6.07, 6.45) is 1.53. The van der Waals surface area contributed by atoms with Crippen molar-refractivity contribution in [3.63, 3.8) is 0 Å². The lowest BCUT2D eigenvalue weighted by molar-refractivity contribution is 0.101. The number of hydrogen-bond donors (Lipinski definition) is 0. The van der Waals surface area contributed by atoms with Crippen molar-refractivity contribution in [1.29, 1.82) is 0 Å². The number of carbonyl (C=O) groups excluding carboxylic acids is 1. The topological polar surface area (TPSA) is 76.6 Å². The van der Waals surface area contributed by atoms with Crippen LogP contribution in [-0.4, -0.2) is 26.4 Å². The van der Waals surface area contributed by atoms with Gasteiger partial charge >= 0.3 is 0 Å². The van der Waals surface area contributed by atoms with Crippen LogP contribution < -0.4 is 9.04 Å². The lowest BCUT2D eigenvalue weighted by Gasteiger charge is -2.23. The molecule has 31 heavy (non-hydrogen) atoms. The Hall–Kier alpha value is -3.71. The van der Waals surface area contributed by atoms with Gasteiger partial charge in [0.15, 0.2) is 0 Å². The van der Waals surface area contributed by atoms with Crippen molar-refractivity contribution in [1.82, 2.24) is 4.98 Å². The van der Waals surface area contributed by atoms with Crippen LogP contribution in [0.15, 0.2) is 90.0 Å². The van der Waals surface area contributed by atoms with E-state index in [0.29, 0.717) is 16.7 Å². The summed E-state index contributed by atoms with van der Waals surface area (Å²) in [7, 11) is -2.76. The van der Waals surface area contributed by atoms with Crippen molar-refractivity contribution in [3.05, 3.63) is 96.2 Å². The molecule has 0 spiro atoms. The predicted octanol–water partition coefficient (Wildman–Crippen LogP) is 4.59. The number of fused-ring (bicyclic) bond motifs is 1. The van der Waals surface area contributed by atoms with Crippen molar-refractivity contribution in [2.45, 2.75) is 11.8 Å². The first-order chi connectivity index (χ1) is 14.9. The SMILES string of the molecule is COc1ccc(N(C(=O)c2ccc(C)cc2)S(=O)(=O)c2cccc3cccnc23)cc1. The summed E-state index contributed by atoms with van der Waals surface area (Å²) in [4.78, 5) is 17.7. The van der Waals surface area contributed by atoms with Crippen LogP contribution in [0.25, 0.3) is 10.9 Å². The summed E-state index contributed by atoms with van der Waals surface area (Å²) in [5, 5.41) is 0.668. The third-order valence-corrected chi connectivity index (χ3v) is 6.65. The fourth-order valence-corrected chi connectivity index (χ4v) is 4.86. The summed E-state index contributed by atoms with van der Waals surface area (Å²) in [6.45, 7) is 1.90. The van der Waals surface area contributed by atoms with Crippen molar-refractivity contribution in [3.8, 4) is 5.75 Å². The van der Waals surface area contributed by atoms with E-state index in [2.05, 4.69) is 4.98 Å². The van der Waals surface area contributed by atoms with E-state index in [1.54, 1.807) is 72.8 Å². The average Bonchev–Trinajstić information content (AvgIpc) is 2.79. The number of ether oxygens (including phenoxy) is 1. The second kappa shape index (κ2) is 8.20. The number of nitrogens with zero attached hydrogens (tertiary/aromatic N) is 2. The van der Waals surface area contributed by atoms with E-state index >= 15 is 0 Å². The zero-order valence-electron chi connectivity index (χ0n) is 17.0. The minimum Gasteiger partial charge on any atom is -0.497 e. The third-order valence-electron chi connectivity index (χ3n) is 4.90. The van der Waals surface area contributed by atoms with Crippen LogP contribution in [-0.2, 0) is 10.0 Å².